The SMILES string of the molecule is C=CC1CC(=O)N(CCc2ccc(OCC)cc2)C1. The second-order valence-electron chi connectivity index (χ2n) is 4.87. The highest BCUT2D eigenvalue weighted by Gasteiger charge is 2.26. The van der Waals surface area contributed by atoms with E-state index in [0.29, 0.717) is 18.9 Å². The minimum atomic E-state index is 0.246. The zero-order valence-corrected chi connectivity index (χ0v) is 11.5. The van der Waals surface area contributed by atoms with E-state index >= 15 is 0 Å². The quantitative estimate of drug-likeness (QED) is 0.735. The predicted molar refractivity (Wildman–Crippen MR) is 76.2 cm³/mol. The summed E-state index contributed by atoms with van der Waals surface area (Å²) in [6.07, 6.45) is 3.39. The lowest BCUT2D eigenvalue weighted by Gasteiger charge is -2.16. The van der Waals surface area contributed by atoms with Crippen molar-refractivity contribution >= 4 is 5.91 Å². The molecule has 1 atom stereocenters. The van der Waals surface area contributed by atoms with Crippen LogP contribution in [0.5, 0.6) is 5.75 Å². The van der Waals surface area contributed by atoms with Gasteiger partial charge in [0.1, 0.15) is 5.75 Å². The molecule has 1 aromatic carbocycles. The van der Waals surface area contributed by atoms with Crippen LogP contribution >= 0.6 is 0 Å². The number of hydrogen-bond donors (Lipinski definition) is 0. The number of carbonyl (C=O) groups excluding carboxylic acids is 1. The van der Waals surface area contributed by atoms with E-state index in [-0.39, 0.29) is 5.91 Å². The molecule has 1 amide bonds. The molecule has 19 heavy (non-hydrogen) atoms. The van der Waals surface area contributed by atoms with Crippen molar-refractivity contribution in [3.05, 3.63) is 42.5 Å². The molecule has 3 heteroatoms. The molecule has 0 radical (unpaired) electrons. The number of hydrogen-bond acceptors (Lipinski definition) is 2. The van der Waals surface area contributed by atoms with Crippen molar-refractivity contribution in [1.82, 2.24) is 4.90 Å². The van der Waals surface area contributed by atoms with Crippen LogP contribution in [0.25, 0.3) is 0 Å². The largest absolute Gasteiger partial charge is 0.494 e. The highest BCUT2D eigenvalue weighted by molar-refractivity contribution is 5.79. The van der Waals surface area contributed by atoms with E-state index < -0.39 is 0 Å². The smallest absolute Gasteiger partial charge is 0.223 e. The van der Waals surface area contributed by atoms with Crippen LogP contribution in [0.1, 0.15) is 18.9 Å². The first-order valence-electron chi connectivity index (χ1n) is 6.85. The summed E-state index contributed by atoms with van der Waals surface area (Å²) in [7, 11) is 0. The summed E-state index contributed by atoms with van der Waals surface area (Å²) in [4.78, 5) is 13.7. The Morgan fingerprint density at radius 2 is 2.16 bits per heavy atom. The van der Waals surface area contributed by atoms with E-state index in [9.17, 15) is 4.79 Å². The van der Waals surface area contributed by atoms with Crippen LogP contribution in [0.4, 0.5) is 0 Å². The number of benzene rings is 1. The number of carbonyl (C=O) groups is 1. The third-order valence-electron chi connectivity index (χ3n) is 3.48. The standard InChI is InChI=1S/C16H21NO2/c1-3-13-11-16(18)17(12-13)10-9-14-5-7-15(8-6-14)19-4-2/h3,5-8,13H,1,4,9-12H2,2H3. The van der Waals surface area contributed by atoms with Gasteiger partial charge in [0.25, 0.3) is 0 Å². The van der Waals surface area contributed by atoms with Crippen molar-refractivity contribution < 1.29 is 9.53 Å². The fourth-order valence-electron chi connectivity index (χ4n) is 2.36. The number of rotatable bonds is 6. The molecule has 3 nitrogen and oxygen atoms in total. The fourth-order valence-corrected chi connectivity index (χ4v) is 2.36. The summed E-state index contributed by atoms with van der Waals surface area (Å²) < 4.78 is 5.41. The Labute approximate surface area is 114 Å². The zero-order valence-electron chi connectivity index (χ0n) is 11.5. The molecule has 0 spiro atoms. The maximum absolute atomic E-state index is 11.8. The third-order valence-corrected chi connectivity index (χ3v) is 3.48. The summed E-state index contributed by atoms with van der Waals surface area (Å²) in [5.74, 6) is 1.47. The summed E-state index contributed by atoms with van der Waals surface area (Å²) in [5.41, 5.74) is 1.23. The Hall–Kier alpha value is -1.77. The maximum Gasteiger partial charge on any atom is 0.223 e. The summed E-state index contributed by atoms with van der Waals surface area (Å²) in [5, 5.41) is 0. The van der Waals surface area contributed by atoms with Gasteiger partial charge in [0.2, 0.25) is 5.91 Å². The topological polar surface area (TPSA) is 29.5 Å². The van der Waals surface area contributed by atoms with Crippen LogP contribution in [0, 0.1) is 5.92 Å². The van der Waals surface area contributed by atoms with Crippen LogP contribution in [-0.2, 0) is 11.2 Å². The molecule has 1 unspecified atom stereocenters. The Morgan fingerprint density at radius 1 is 1.42 bits per heavy atom. The normalized spacial score (nSPS) is 18.7. The van der Waals surface area contributed by atoms with Crippen LogP contribution < -0.4 is 4.74 Å². The van der Waals surface area contributed by atoms with Crippen LogP contribution in [0.3, 0.4) is 0 Å². The molecule has 1 aliphatic heterocycles. The molecule has 1 fully saturated rings. The number of amides is 1. The highest BCUT2D eigenvalue weighted by atomic mass is 16.5. The fraction of sp³-hybridized carbons (Fsp3) is 0.438. The molecule has 2 rings (SSSR count). The molecule has 0 saturated carbocycles. The molecular formula is C16H21NO2. The predicted octanol–water partition coefficient (Wildman–Crippen LogP) is 2.66. The Kier molecular flexibility index (Phi) is 4.61. The van der Waals surface area contributed by atoms with Gasteiger partial charge >= 0.3 is 0 Å². The first-order chi connectivity index (χ1) is 9.22. The first-order valence-corrected chi connectivity index (χ1v) is 6.85. The van der Waals surface area contributed by atoms with Crippen molar-refractivity contribution in [2.45, 2.75) is 19.8 Å². The molecule has 0 aromatic heterocycles. The third kappa shape index (κ3) is 3.60. The number of nitrogens with zero attached hydrogens (tertiary/aromatic N) is 1. The number of likely N-dealkylation sites (tertiary alicyclic amines) is 1. The summed E-state index contributed by atoms with van der Waals surface area (Å²) in [6.45, 7) is 8.03. The molecule has 0 N–H and O–H groups in total. The monoisotopic (exact) mass is 259 g/mol. The molecular weight excluding hydrogens is 238 g/mol. The van der Waals surface area contributed by atoms with Gasteiger partial charge in [-0.05, 0) is 31.0 Å². The summed E-state index contributed by atoms with van der Waals surface area (Å²) in [6, 6.07) is 8.10. The van der Waals surface area contributed by atoms with Gasteiger partial charge in [-0.1, -0.05) is 18.2 Å². The average molecular weight is 259 g/mol. The van der Waals surface area contributed by atoms with Crippen molar-refractivity contribution in [3.8, 4) is 5.75 Å². The second-order valence-corrected chi connectivity index (χ2v) is 4.87. The molecule has 1 aromatic rings. The van der Waals surface area contributed by atoms with Crippen molar-refractivity contribution in [3.63, 3.8) is 0 Å². The van der Waals surface area contributed by atoms with Gasteiger partial charge in [-0.25, -0.2) is 0 Å². The molecule has 1 heterocycles. The highest BCUT2D eigenvalue weighted by Crippen LogP contribution is 2.19. The first kappa shape index (κ1) is 13.7. The van der Waals surface area contributed by atoms with Crippen LogP contribution in [-0.4, -0.2) is 30.5 Å². The van der Waals surface area contributed by atoms with Crippen molar-refractivity contribution in [1.29, 1.82) is 0 Å². The molecule has 0 bridgehead atoms. The Balaban J connectivity index is 1.85. The van der Waals surface area contributed by atoms with Crippen molar-refractivity contribution in [2.75, 3.05) is 19.7 Å². The average Bonchev–Trinajstić information content (AvgIpc) is 2.79. The summed E-state index contributed by atoms with van der Waals surface area (Å²) >= 11 is 0. The van der Waals surface area contributed by atoms with Gasteiger partial charge < -0.3 is 9.64 Å². The zero-order chi connectivity index (χ0) is 13.7. The lowest BCUT2D eigenvalue weighted by Crippen LogP contribution is -2.27. The maximum atomic E-state index is 11.8. The van der Waals surface area contributed by atoms with Gasteiger partial charge in [0.05, 0.1) is 6.61 Å². The van der Waals surface area contributed by atoms with E-state index in [1.165, 1.54) is 5.56 Å². The van der Waals surface area contributed by atoms with Gasteiger partial charge in [0, 0.05) is 25.4 Å². The Morgan fingerprint density at radius 3 is 2.74 bits per heavy atom. The van der Waals surface area contributed by atoms with Gasteiger partial charge in [0.15, 0.2) is 0 Å². The minimum Gasteiger partial charge on any atom is -0.494 e. The molecule has 102 valence electrons. The van der Waals surface area contributed by atoms with Crippen LogP contribution in [0.15, 0.2) is 36.9 Å². The molecule has 0 aliphatic carbocycles. The van der Waals surface area contributed by atoms with E-state index in [1.54, 1.807) is 0 Å². The second kappa shape index (κ2) is 6.41. The van der Waals surface area contributed by atoms with Gasteiger partial charge in [-0.3, -0.25) is 4.79 Å². The van der Waals surface area contributed by atoms with Crippen LogP contribution in [0.2, 0.25) is 0 Å². The van der Waals surface area contributed by atoms with Crippen molar-refractivity contribution in [2.24, 2.45) is 5.92 Å². The van der Waals surface area contributed by atoms with E-state index in [0.717, 1.165) is 25.3 Å². The number of ether oxygens (including phenoxy) is 1. The van der Waals surface area contributed by atoms with Gasteiger partial charge in [-0.2, -0.15) is 0 Å². The van der Waals surface area contributed by atoms with E-state index in [1.807, 2.05) is 30.0 Å². The van der Waals surface area contributed by atoms with Gasteiger partial charge in [-0.15, -0.1) is 6.58 Å². The Bertz CT molecular complexity index is 439. The molecule has 1 saturated heterocycles. The lowest BCUT2D eigenvalue weighted by atomic mass is 10.1. The van der Waals surface area contributed by atoms with E-state index in [4.69, 9.17) is 4.74 Å². The van der Waals surface area contributed by atoms with E-state index in [2.05, 4.69) is 18.7 Å². The lowest BCUT2D eigenvalue weighted by molar-refractivity contribution is -0.127. The minimum absolute atomic E-state index is 0.246. The molecule has 1 aliphatic rings.